The molecule has 2 aliphatic rings. The third-order valence-electron chi connectivity index (χ3n) is 4.51. The van der Waals surface area contributed by atoms with E-state index in [9.17, 15) is 0 Å². The van der Waals surface area contributed by atoms with E-state index in [-0.39, 0.29) is 0 Å². The van der Waals surface area contributed by atoms with Crippen LogP contribution in [0.5, 0.6) is 0 Å². The Morgan fingerprint density at radius 2 is 2.10 bits per heavy atom. The Hall–Kier alpha value is -0.810. The highest BCUT2D eigenvalue weighted by molar-refractivity contribution is 6.31. The van der Waals surface area contributed by atoms with Crippen molar-refractivity contribution in [2.75, 3.05) is 51.3 Å². The minimum absolute atomic E-state index is 0.648. The molecule has 0 radical (unpaired) electrons. The standard InChI is InChI=1S/C16H24ClN3O/c1-18-11-14-15(17)3-2-4-16(14)20-6-5-13(12-20)19-7-9-21-10-8-19/h2-4,13,18H,5-12H2,1H3. The van der Waals surface area contributed by atoms with Gasteiger partial charge < -0.3 is 15.0 Å². The first kappa shape index (κ1) is 15.1. The van der Waals surface area contributed by atoms with Crippen LogP contribution < -0.4 is 10.2 Å². The van der Waals surface area contributed by atoms with Crippen LogP contribution in [0.15, 0.2) is 18.2 Å². The minimum Gasteiger partial charge on any atom is -0.379 e. The summed E-state index contributed by atoms with van der Waals surface area (Å²) >= 11 is 6.38. The van der Waals surface area contributed by atoms with Gasteiger partial charge in [-0.15, -0.1) is 0 Å². The second kappa shape index (κ2) is 6.97. The van der Waals surface area contributed by atoms with Gasteiger partial charge in [0.15, 0.2) is 0 Å². The van der Waals surface area contributed by atoms with Crippen LogP contribution in [0.1, 0.15) is 12.0 Å². The molecule has 1 N–H and O–H groups in total. The summed E-state index contributed by atoms with van der Waals surface area (Å²) in [5.74, 6) is 0. The van der Waals surface area contributed by atoms with Crippen molar-refractivity contribution in [1.29, 1.82) is 0 Å². The van der Waals surface area contributed by atoms with Crippen LogP contribution >= 0.6 is 11.6 Å². The van der Waals surface area contributed by atoms with Crippen LogP contribution in [0, 0.1) is 0 Å². The summed E-state index contributed by atoms with van der Waals surface area (Å²) < 4.78 is 5.46. The third kappa shape index (κ3) is 3.34. The number of morpholine rings is 1. The van der Waals surface area contributed by atoms with Crippen LogP contribution in [-0.4, -0.2) is 57.4 Å². The highest BCUT2D eigenvalue weighted by atomic mass is 35.5. The monoisotopic (exact) mass is 309 g/mol. The number of ether oxygens (including phenoxy) is 1. The van der Waals surface area contributed by atoms with Gasteiger partial charge in [-0.2, -0.15) is 0 Å². The van der Waals surface area contributed by atoms with Crippen molar-refractivity contribution in [3.05, 3.63) is 28.8 Å². The lowest BCUT2D eigenvalue weighted by atomic mass is 10.1. The van der Waals surface area contributed by atoms with Crippen LogP contribution in [0.2, 0.25) is 5.02 Å². The number of benzene rings is 1. The normalized spacial score (nSPS) is 23.7. The van der Waals surface area contributed by atoms with Crippen LogP contribution in [-0.2, 0) is 11.3 Å². The zero-order valence-corrected chi connectivity index (χ0v) is 13.4. The highest BCUT2D eigenvalue weighted by Gasteiger charge is 2.29. The van der Waals surface area contributed by atoms with Gasteiger partial charge in [-0.25, -0.2) is 0 Å². The summed E-state index contributed by atoms with van der Waals surface area (Å²) in [6, 6.07) is 6.88. The largest absolute Gasteiger partial charge is 0.379 e. The Morgan fingerprint density at radius 3 is 2.86 bits per heavy atom. The van der Waals surface area contributed by atoms with Gasteiger partial charge in [0.25, 0.3) is 0 Å². The topological polar surface area (TPSA) is 27.7 Å². The van der Waals surface area contributed by atoms with Crippen molar-refractivity contribution in [3.63, 3.8) is 0 Å². The Balaban J connectivity index is 1.72. The molecule has 21 heavy (non-hydrogen) atoms. The summed E-state index contributed by atoms with van der Waals surface area (Å²) in [6.45, 7) is 6.90. The Morgan fingerprint density at radius 1 is 1.29 bits per heavy atom. The Labute approximate surface area is 132 Å². The molecule has 5 heteroatoms. The summed E-state index contributed by atoms with van der Waals surface area (Å²) in [5.41, 5.74) is 2.50. The lowest BCUT2D eigenvalue weighted by molar-refractivity contribution is 0.0209. The molecule has 4 nitrogen and oxygen atoms in total. The van der Waals surface area contributed by atoms with Gasteiger partial charge >= 0.3 is 0 Å². The molecule has 1 unspecified atom stereocenters. The van der Waals surface area contributed by atoms with E-state index in [0.29, 0.717) is 6.04 Å². The third-order valence-corrected chi connectivity index (χ3v) is 4.87. The molecule has 2 fully saturated rings. The molecule has 0 amide bonds. The molecular weight excluding hydrogens is 286 g/mol. The van der Waals surface area contributed by atoms with Crippen LogP contribution in [0.3, 0.4) is 0 Å². The maximum absolute atomic E-state index is 6.38. The molecule has 0 saturated carbocycles. The molecule has 2 heterocycles. The van der Waals surface area contributed by atoms with E-state index in [0.717, 1.165) is 51.0 Å². The molecule has 116 valence electrons. The number of nitrogens with zero attached hydrogens (tertiary/aromatic N) is 2. The van der Waals surface area contributed by atoms with Gasteiger partial charge in [-0.05, 0) is 25.6 Å². The first-order chi connectivity index (χ1) is 10.3. The van der Waals surface area contributed by atoms with Crippen molar-refractivity contribution in [2.45, 2.75) is 19.0 Å². The molecule has 1 aromatic rings. The molecule has 1 aromatic carbocycles. The fraction of sp³-hybridized carbons (Fsp3) is 0.625. The lowest BCUT2D eigenvalue weighted by Crippen LogP contribution is -2.44. The van der Waals surface area contributed by atoms with Crippen molar-refractivity contribution < 1.29 is 4.74 Å². The quantitative estimate of drug-likeness (QED) is 0.920. The molecule has 2 saturated heterocycles. The van der Waals surface area contributed by atoms with Gasteiger partial charge in [-0.1, -0.05) is 17.7 Å². The number of anilines is 1. The molecule has 1 atom stereocenters. The maximum atomic E-state index is 6.38. The van der Waals surface area contributed by atoms with E-state index in [1.807, 2.05) is 13.1 Å². The van der Waals surface area contributed by atoms with E-state index >= 15 is 0 Å². The van der Waals surface area contributed by atoms with Crippen LogP contribution in [0.25, 0.3) is 0 Å². The summed E-state index contributed by atoms with van der Waals surface area (Å²) in [5, 5.41) is 4.08. The minimum atomic E-state index is 0.648. The van der Waals surface area contributed by atoms with Crippen LogP contribution in [0.4, 0.5) is 5.69 Å². The first-order valence-electron chi connectivity index (χ1n) is 7.78. The second-order valence-corrected chi connectivity index (χ2v) is 6.21. The van der Waals surface area contributed by atoms with Gasteiger partial charge in [0.2, 0.25) is 0 Å². The molecule has 0 spiro atoms. The highest BCUT2D eigenvalue weighted by Crippen LogP contribution is 2.31. The SMILES string of the molecule is CNCc1c(Cl)cccc1N1CCC(N2CCOCC2)C1. The zero-order valence-electron chi connectivity index (χ0n) is 12.6. The fourth-order valence-electron chi connectivity index (χ4n) is 3.40. The zero-order chi connectivity index (χ0) is 14.7. The van der Waals surface area contributed by atoms with E-state index in [4.69, 9.17) is 16.3 Å². The first-order valence-corrected chi connectivity index (χ1v) is 8.16. The molecule has 0 aliphatic carbocycles. The average molecular weight is 310 g/mol. The number of nitrogens with one attached hydrogen (secondary N) is 1. The molecule has 2 aliphatic heterocycles. The second-order valence-electron chi connectivity index (χ2n) is 5.80. The smallest absolute Gasteiger partial charge is 0.0594 e. The van der Waals surface area contributed by atoms with Gasteiger partial charge in [0, 0.05) is 55.0 Å². The fourth-order valence-corrected chi connectivity index (χ4v) is 3.63. The molecule has 0 aromatic heterocycles. The van der Waals surface area contributed by atoms with E-state index in [1.54, 1.807) is 0 Å². The number of rotatable bonds is 4. The Bertz CT molecular complexity index is 477. The summed E-state index contributed by atoms with van der Waals surface area (Å²) in [6.07, 6.45) is 1.23. The predicted octanol–water partition coefficient (Wildman–Crippen LogP) is 1.97. The van der Waals surface area contributed by atoms with Crippen molar-refractivity contribution in [1.82, 2.24) is 10.2 Å². The summed E-state index contributed by atoms with van der Waals surface area (Å²) in [7, 11) is 1.97. The maximum Gasteiger partial charge on any atom is 0.0594 e. The van der Waals surface area contributed by atoms with E-state index < -0.39 is 0 Å². The van der Waals surface area contributed by atoms with E-state index in [1.165, 1.54) is 17.7 Å². The molecule has 0 bridgehead atoms. The Kier molecular flexibility index (Phi) is 5.01. The number of hydrogen-bond acceptors (Lipinski definition) is 4. The number of hydrogen-bond donors (Lipinski definition) is 1. The summed E-state index contributed by atoms with van der Waals surface area (Å²) in [4.78, 5) is 5.06. The average Bonchev–Trinajstić information content (AvgIpc) is 3.00. The predicted molar refractivity (Wildman–Crippen MR) is 87.2 cm³/mol. The van der Waals surface area contributed by atoms with Crippen molar-refractivity contribution in [3.8, 4) is 0 Å². The lowest BCUT2D eigenvalue weighted by Gasteiger charge is -2.32. The van der Waals surface area contributed by atoms with Gasteiger partial charge in [0.1, 0.15) is 0 Å². The molecular formula is C16H24ClN3O. The molecule has 3 rings (SSSR count). The van der Waals surface area contributed by atoms with Gasteiger partial charge in [0.05, 0.1) is 13.2 Å². The van der Waals surface area contributed by atoms with Crippen molar-refractivity contribution in [2.24, 2.45) is 0 Å². The van der Waals surface area contributed by atoms with Crippen molar-refractivity contribution >= 4 is 17.3 Å². The van der Waals surface area contributed by atoms with E-state index in [2.05, 4.69) is 27.2 Å². The number of halogens is 1. The van der Waals surface area contributed by atoms with Gasteiger partial charge in [-0.3, -0.25) is 4.90 Å².